The lowest BCUT2D eigenvalue weighted by Crippen LogP contribution is -2.33. The molecule has 0 N–H and O–H groups in total. The van der Waals surface area contributed by atoms with Crippen LogP contribution in [0.2, 0.25) is 0 Å². The van der Waals surface area contributed by atoms with E-state index in [-0.39, 0.29) is 4.90 Å². The molecule has 26 heavy (non-hydrogen) atoms. The standard InChI is InChI=1S/C21H20FNO2S/c1-16-7-6-8-18(15-16)17(2)23(20-9-4-3-5-10-20)26(24,25)21-13-11-19(22)12-14-21/h3-15,17H,1-2H3/t17-/m1/s1. The molecule has 5 heteroatoms. The van der Waals surface area contributed by atoms with Gasteiger partial charge in [0, 0.05) is 0 Å². The zero-order valence-corrected chi connectivity index (χ0v) is 15.4. The lowest BCUT2D eigenvalue weighted by molar-refractivity contribution is 0.582. The molecule has 3 aromatic rings. The number of hydrogen-bond acceptors (Lipinski definition) is 2. The molecule has 0 radical (unpaired) electrons. The first-order valence-corrected chi connectivity index (χ1v) is 9.75. The van der Waals surface area contributed by atoms with E-state index in [1.807, 2.05) is 44.2 Å². The molecule has 3 nitrogen and oxygen atoms in total. The Morgan fingerprint density at radius 2 is 1.54 bits per heavy atom. The fourth-order valence-electron chi connectivity index (χ4n) is 2.93. The summed E-state index contributed by atoms with van der Waals surface area (Å²) < 4.78 is 41.3. The number of rotatable bonds is 5. The second kappa shape index (κ2) is 7.30. The van der Waals surface area contributed by atoms with Gasteiger partial charge in [0.05, 0.1) is 16.6 Å². The molecule has 0 aliphatic rings. The Bertz CT molecular complexity index is 986. The lowest BCUT2D eigenvalue weighted by atomic mass is 10.1. The third-order valence-corrected chi connectivity index (χ3v) is 6.17. The van der Waals surface area contributed by atoms with Crippen LogP contribution in [-0.2, 0) is 10.0 Å². The summed E-state index contributed by atoms with van der Waals surface area (Å²) in [5, 5.41) is 0. The third-order valence-electron chi connectivity index (χ3n) is 4.26. The SMILES string of the molecule is Cc1cccc([C@@H](C)N(c2ccccc2)S(=O)(=O)c2ccc(F)cc2)c1. The summed E-state index contributed by atoms with van der Waals surface area (Å²) in [7, 11) is -3.86. The van der Waals surface area contributed by atoms with E-state index in [9.17, 15) is 12.8 Å². The highest BCUT2D eigenvalue weighted by Gasteiger charge is 2.30. The molecule has 0 saturated carbocycles. The summed E-state index contributed by atoms with van der Waals surface area (Å²) in [5.41, 5.74) is 2.51. The Balaban J connectivity index is 2.14. The Morgan fingerprint density at radius 3 is 2.15 bits per heavy atom. The highest BCUT2D eigenvalue weighted by atomic mass is 32.2. The van der Waals surface area contributed by atoms with E-state index in [0.29, 0.717) is 5.69 Å². The molecule has 0 aliphatic heterocycles. The van der Waals surface area contributed by atoms with Gasteiger partial charge >= 0.3 is 0 Å². The smallest absolute Gasteiger partial charge is 0.259 e. The van der Waals surface area contributed by atoms with Gasteiger partial charge in [-0.15, -0.1) is 0 Å². The van der Waals surface area contributed by atoms with Gasteiger partial charge in [0.25, 0.3) is 10.0 Å². The van der Waals surface area contributed by atoms with Crippen molar-refractivity contribution in [2.45, 2.75) is 24.8 Å². The van der Waals surface area contributed by atoms with Crippen LogP contribution in [-0.4, -0.2) is 8.42 Å². The first kappa shape index (κ1) is 18.1. The van der Waals surface area contributed by atoms with E-state index in [2.05, 4.69) is 0 Å². The van der Waals surface area contributed by atoms with Crippen LogP contribution in [0.25, 0.3) is 0 Å². The van der Waals surface area contributed by atoms with Crippen molar-refractivity contribution in [3.05, 3.63) is 95.8 Å². The van der Waals surface area contributed by atoms with Crippen molar-refractivity contribution in [1.29, 1.82) is 0 Å². The fraction of sp³-hybridized carbons (Fsp3) is 0.143. The van der Waals surface area contributed by atoms with Crippen LogP contribution in [0.15, 0.2) is 83.8 Å². The summed E-state index contributed by atoms with van der Waals surface area (Å²) in [6.45, 7) is 3.82. The number of sulfonamides is 1. The van der Waals surface area contributed by atoms with E-state index in [1.54, 1.807) is 24.3 Å². The van der Waals surface area contributed by atoms with Crippen molar-refractivity contribution >= 4 is 15.7 Å². The molecule has 0 saturated heterocycles. The number of nitrogens with zero attached hydrogens (tertiary/aromatic N) is 1. The molecular weight excluding hydrogens is 349 g/mol. The third kappa shape index (κ3) is 3.63. The van der Waals surface area contributed by atoms with Crippen molar-refractivity contribution in [3.63, 3.8) is 0 Å². The van der Waals surface area contributed by atoms with Gasteiger partial charge in [-0.25, -0.2) is 12.8 Å². The second-order valence-corrected chi connectivity index (χ2v) is 8.00. The monoisotopic (exact) mass is 369 g/mol. The second-order valence-electron chi connectivity index (χ2n) is 6.18. The van der Waals surface area contributed by atoms with Crippen molar-refractivity contribution in [2.75, 3.05) is 4.31 Å². The molecule has 1 atom stereocenters. The van der Waals surface area contributed by atoms with Gasteiger partial charge in [-0.2, -0.15) is 0 Å². The Hall–Kier alpha value is -2.66. The summed E-state index contributed by atoms with van der Waals surface area (Å²) in [6, 6.07) is 21.2. The Morgan fingerprint density at radius 1 is 0.885 bits per heavy atom. The van der Waals surface area contributed by atoms with E-state index < -0.39 is 21.9 Å². The van der Waals surface area contributed by atoms with Gasteiger partial charge in [-0.1, -0.05) is 48.0 Å². The predicted molar refractivity (Wildman–Crippen MR) is 102 cm³/mol. The molecule has 0 bridgehead atoms. The maximum absolute atomic E-state index is 13.3. The molecule has 0 aromatic heterocycles. The molecule has 134 valence electrons. The van der Waals surface area contributed by atoms with Crippen molar-refractivity contribution in [3.8, 4) is 0 Å². The largest absolute Gasteiger partial charge is 0.264 e. The molecule has 3 aromatic carbocycles. The molecule has 0 aliphatic carbocycles. The lowest BCUT2D eigenvalue weighted by Gasteiger charge is -2.31. The minimum atomic E-state index is -3.86. The minimum Gasteiger partial charge on any atom is -0.259 e. The first-order chi connectivity index (χ1) is 12.4. The molecular formula is C21H20FNO2S. The van der Waals surface area contributed by atoms with Crippen LogP contribution in [0.1, 0.15) is 24.1 Å². The van der Waals surface area contributed by atoms with E-state index in [4.69, 9.17) is 0 Å². The van der Waals surface area contributed by atoms with Crippen molar-refractivity contribution in [2.24, 2.45) is 0 Å². The fourth-order valence-corrected chi connectivity index (χ4v) is 4.58. The molecule has 0 fully saturated rings. The number of aryl methyl sites for hydroxylation is 1. The topological polar surface area (TPSA) is 37.4 Å². The Kier molecular flexibility index (Phi) is 5.09. The average Bonchev–Trinajstić information content (AvgIpc) is 2.63. The van der Waals surface area contributed by atoms with Crippen LogP contribution in [0.4, 0.5) is 10.1 Å². The molecule has 0 unspecified atom stereocenters. The van der Waals surface area contributed by atoms with Crippen LogP contribution in [0.3, 0.4) is 0 Å². The zero-order chi connectivity index (χ0) is 18.7. The minimum absolute atomic E-state index is 0.0576. The van der Waals surface area contributed by atoms with Crippen LogP contribution < -0.4 is 4.31 Å². The molecule has 0 amide bonds. The van der Waals surface area contributed by atoms with Crippen LogP contribution >= 0.6 is 0 Å². The maximum atomic E-state index is 13.3. The maximum Gasteiger partial charge on any atom is 0.264 e. The van der Waals surface area contributed by atoms with Gasteiger partial charge in [-0.3, -0.25) is 4.31 Å². The zero-order valence-electron chi connectivity index (χ0n) is 14.6. The molecule has 3 rings (SSSR count). The normalized spacial score (nSPS) is 12.6. The van der Waals surface area contributed by atoms with E-state index in [1.165, 1.54) is 16.4 Å². The Labute approximate surface area is 153 Å². The first-order valence-electron chi connectivity index (χ1n) is 8.31. The van der Waals surface area contributed by atoms with Crippen molar-refractivity contribution in [1.82, 2.24) is 0 Å². The van der Waals surface area contributed by atoms with Gasteiger partial charge in [0.1, 0.15) is 5.82 Å². The van der Waals surface area contributed by atoms with Gasteiger partial charge in [0.15, 0.2) is 0 Å². The number of halogens is 1. The highest BCUT2D eigenvalue weighted by molar-refractivity contribution is 7.92. The molecule has 0 heterocycles. The predicted octanol–water partition coefficient (Wildman–Crippen LogP) is 5.09. The summed E-state index contributed by atoms with van der Waals surface area (Å²) in [5.74, 6) is -0.470. The number of para-hydroxylation sites is 1. The van der Waals surface area contributed by atoms with Gasteiger partial charge in [0.2, 0.25) is 0 Å². The summed E-state index contributed by atoms with van der Waals surface area (Å²) in [4.78, 5) is 0.0576. The number of anilines is 1. The average molecular weight is 369 g/mol. The summed E-state index contributed by atoms with van der Waals surface area (Å²) in [6.07, 6.45) is 0. The van der Waals surface area contributed by atoms with Gasteiger partial charge in [-0.05, 0) is 55.8 Å². The van der Waals surface area contributed by atoms with E-state index >= 15 is 0 Å². The summed E-state index contributed by atoms with van der Waals surface area (Å²) >= 11 is 0. The number of hydrogen-bond donors (Lipinski definition) is 0. The van der Waals surface area contributed by atoms with Crippen LogP contribution in [0, 0.1) is 12.7 Å². The van der Waals surface area contributed by atoms with Gasteiger partial charge < -0.3 is 0 Å². The number of benzene rings is 3. The van der Waals surface area contributed by atoms with Crippen LogP contribution in [0.5, 0.6) is 0 Å². The van der Waals surface area contributed by atoms with Crippen molar-refractivity contribution < 1.29 is 12.8 Å². The highest BCUT2D eigenvalue weighted by Crippen LogP contribution is 2.33. The molecule has 0 spiro atoms. The quantitative estimate of drug-likeness (QED) is 0.628. The van der Waals surface area contributed by atoms with E-state index in [0.717, 1.165) is 23.3 Å².